The standard InChI is InChI=1S/C13H9FN4S2/c14-4-11-16-7-12(19-11)20-18-10-3-1-2-9-8(5-15)6-17-13(9)10/h1-3,6-7,17-18H,4H2. The predicted octanol–water partition coefficient (Wildman–Crippen LogP) is 4.08. The van der Waals surface area contributed by atoms with Crippen LogP contribution in [0.5, 0.6) is 0 Å². The number of fused-ring (bicyclic) bond motifs is 1. The summed E-state index contributed by atoms with van der Waals surface area (Å²) in [5.74, 6) is 0. The zero-order chi connectivity index (χ0) is 13.9. The van der Waals surface area contributed by atoms with Crippen LogP contribution in [0.15, 0.2) is 34.8 Å². The van der Waals surface area contributed by atoms with Crippen molar-refractivity contribution in [1.82, 2.24) is 9.97 Å². The number of benzene rings is 1. The number of anilines is 1. The van der Waals surface area contributed by atoms with Gasteiger partial charge >= 0.3 is 0 Å². The average Bonchev–Trinajstić information content (AvgIpc) is 3.11. The van der Waals surface area contributed by atoms with Crippen molar-refractivity contribution in [3.05, 3.63) is 41.2 Å². The number of halogens is 1. The third kappa shape index (κ3) is 2.35. The van der Waals surface area contributed by atoms with Gasteiger partial charge in [0.1, 0.15) is 22.0 Å². The molecule has 0 saturated heterocycles. The number of hydrogen-bond acceptors (Lipinski definition) is 5. The molecule has 3 aromatic rings. The highest BCUT2D eigenvalue weighted by molar-refractivity contribution is 8.02. The number of aromatic nitrogens is 2. The van der Waals surface area contributed by atoms with Gasteiger partial charge in [-0.25, -0.2) is 9.37 Å². The number of nitrogens with one attached hydrogen (secondary N) is 2. The van der Waals surface area contributed by atoms with Gasteiger partial charge in [0.05, 0.1) is 23.0 Å². The molecule has 0 spiro atoms. The molecule has 7 heteroatoms. The Labute approximate surface area is 122 Å². The summed E-state index contributed by atoms with van der Waals surface area (Å²) < 4.78 is 16.5. The molecule has 3 rings (SSSR count). The molecule has 0 aliphatic carbocycles. The van der Waals surface area contributed by atoms with Crippen molar-refractivity contribution in [2.24, 2.45) is 0 Å². The molecule has 0 saturated carbocycles. The summed E-state index contributed by atoms with van der Waals surface area (Å²) in [4.78, 5) is 7.05. The van der Waals surface area contributed by atoms with Gasteiger partial charge in [-0.05, 0) is 18.0 Å². The van der Waals surface area contributed by atoms with E-state index >= 15 is 0 Å². The van der Waals surface area contributed by atoms with Crippen molar-refractivity contribution >= 4 is 39.9 Å². The molecule has 2 N–H and O–H groups in total. The average molecular weight is 304 g/mol. The van der Waals surface area contributed by atoms with E-state index in [0.29, 0.717) is 10.6 Å². The van der Waals surface area contributed by atoms with E-state index in [0.717, 1.165) is 20.8 Å². The summed E-state index contributed by atoms with van der Waals surface area (Å²) in [5.41, 5.74) is 2.38. The van der Waals surface area contributed by atoms with Crippen molar-refractivity contribution < 1.29 is 4.39 Å². The first-order valence-electron chi connectivity index (χ1n) is 5.75. The second-order valence-electron chi connectivity index (χ2n) is 3.95. The smallest absolute Gasteiger partial charge is 0.141 e. The molecule has 100 valence electrons. The van der Waals surface area contributed by atoms with E-state index in [1.807, 2.05) is 18.2 Å². The summed E-state index contributed by atoms with van der Waals surface area (Å²) in [6, 6.07) is 7.85. The molecule has 1 aromatic carbocycles. The first-order valence-corrected chi connectivity index (χ1v) is 7.39. The fourth-order valence-electron chi connectivity index (χ4n) is 1.84. The van der Waals surface area contributed by atoms with Gasteiger partial charge < -0.3 is 9.71 Å². The van der Waals surface area contributed by atoms with E-state index in [1.165, 1.54) is 23.3 Å². The maximum absolute atomic E-state index is 12.4. The third-order valence-electron chi connectivity index (χ3n) is 2.74. The first-order chi connectivity index (χ1) is 9.81. The Hall–Kier alpha value is -2.04. The lowest BCUT2D eigenvalue weighted by Crippen LogP contribution is -1.86. The second kappa shape index (κ2) is 5.53. The molecule has 4 nitrogen and oxygen atoms in total. The number of nitrogens with zero attached hydrogens (tertiary/aromatic N) is 2. The summed E-state index contributed by atoms with van der Waals surface area (Å²) in [7, 11) is 0. The maximum atomic E-state index is 12.4. The fourth-order valence-corrected chi connectivity index (χ4v) is 3.40. The van der Waals surface area contributed by atoms with E-state index in [2.05, 4.69) is 20.8 Å². The largest absolute Gasteiger partial charge is 0.358 e. The van der Waals surface area contributed by atoms with E-state index in [1.54, 1.807) is 12.4 Å². The predicted molar refractivity (Wildman–Crippen MR) is 79.4 cm³/mol. The molecule has 2 heterocycles. The number of nitriles is 1. The minimum atomic E-state index is -0.539. The van der Waals surface area contributed by atoms with Crippen LogP contribution in [0.4, 0.5) is 10.1 Å². The lowest BCUT2D eigenvalue weighted by atomic mass is 10.2. The van der Waals surface area contributed by atoms with Crippen molar-refractivity contribution in [3.63, 3.8) is 0 Å². The highest BCUT2D eigenvalue weighted by atomic mass is 32.2. The third-order valence-corrected chi connectivity index (χ3v) is 4.63. The molecule has 20 heavy (non-hydrogen) atoms. The van der Waals surface area contributed by atoms with Crippen LogP contribution in [0.1, 0.15) is 10.6 Å². The van der Waals surface area contributed by atoms with Crippen LogP contribution < -0.4 is 4.72 Å². The number of hydrogen-bond donors (Lipinski definition) is 2. The van der Waals surface area contributed by atoms with Gasteiger partial charge in [-0.2, -0.15) is 5.26 Å². The van der Waals surface area contributed by atoms with Gasteiger partial charge in [0.2, 0.25) is 0 Å². The van der Waals surface area contributed by atoms with Crippen LogP contribution in [-0.4, -0.2) is 9.97 Å². The van der Waals surface area contributed by atoms with Gasteiger partial charge in [0.15, 0.2) is 0 Å². The Balaban J connectivity index is 1.84. The van der Waals surface area contributed by atoms with E-state index < -0.39 is 6.67 Å². The number of aromatic amines is 1. The highest BCUT2D eigenvalue weighted by Crippen LogP contribution is 2.31. The molecular formula is C13H9FN4S2. The van der Waals surface area contributed by atoms with Crippen LogP contribution in [0.25, 0.3) is 10.9 Å². The normalized spacial score (nSPS) is 10.6. The molecule has 0 unspecified atom stereocenters. The van der Waals surface area contributed by atoms with E-state index in [9.17, 15) is 4.39 Å². The molecule has 0 amide bonds. The van der Waals surface area contributed by atoms with Gasteiger partial charge in [0, 0.05) is 11.6 Å². The van der Waals surface area contributed by atoms with Crippen LogP contribution >= 0.6 is 23.3 Å². The van der Waals surface area contributed by atoms with Crippen molar-refractivity contribution in [3.8, 4) is 6.07 Å². The molecule has 2 aromatic heterocycles. The van der Waals surface area contributed by atoms with Gasteiger partial charge in [0.25, 0.3) is 0 Å². The summed E-state index contributed by atoms with van der Waals surface area (Å²) in [6.45, 7) is -0.539. The Kier molecular flexibility index (Phi) is 3.58. The Morgan fingerprint density at radius 2 is 2.40 bits per heavy atom. The van der Waals surface area contributed by atoms with Crippen molar-refractivity contribution in [2.75, 3.05) is 4.72 Å². The van der Waals surface area contributed by atoms with Crippen LogP contribution in [0, 0.1) is 11.3 Å². The van der Waals surface area contributed by atoms with Gasteiger partial charge in [-0.15, -0.1) is 11.3 Å². The number of thiazole rings is 1. The van der Waals surface area contributed by atoms with E-state index in [4.69, 9.17) is 5.26 Å². The zero-order valence-corrected chi connectivity index (χ0v) is 11.8. The summed E-state index contributed by atoms with van der Waals surface area (Å²) in [5, 5.41) is 10.4. The summed E-state index contributed by atoms with van der Waals surface area (Å²) in [6.07, 6.45) is 3.33. The Bertz CT molecular complexity index is 787. The zero-order valence-electron chi connectivity index (χ0n) is 10.2. The molecule has 0 aliphatic rings. The van der Waals surface area contributed by atoms with Gasteiger partial charge in [-0.1, -0.05) is 12.1 Å². The van der Waals surface area contributed by atoms with Crippen LogP contribution in [0.3, 0.4) is 0 Å². The number of alkyl halides is 1. The van der Waals surface area contributed by atoms with Crippen LogP contribution in [0.2, 0.25) is 0 Å². The maximum Gasteiger partial charge on any atom is 0.141 e. The molecule has 0 radical (unpaired) electrons. The Morgan fingerprint density at radius 3 is 3.15 bits per heavy atom. The van der Waals surface area contributed by atoms with Crippen LogP contribution in [-0.2, 0) is 6.67 Å². The van der Waals surface area contributed by atoms with Crippen molar-refractivity contribution in [2.45, 2.75) is 10.9 Å². The number of para-hydroxylation sites is 1. The number of H-pyrrole nitrogens is 1. The molecule has 0 fully saturated rings. The lowest BCUT2D eigenvalue weighted by Gasteiger charge is -2.04. The summed E-state index contributed by atoms with van der Waals surface area (Å²) >= 11 is 2.70. The topological polar surface area (TPSA) is 64.5 Å². The fraction of sp³-hybridized carbons (Fsp3) is 0.0769. The molecular weight excluding hydrogens is 295 g/mol. The van der Waals surface area contributed by atoms with E-state index in [-0.39, 0.29) is 0 Å². The first kappa shape index (κ1) is 13.0. The number of rotatable bonds is 4. The molecule has 0 bridgehead atoms. The van der Waals surface area contributed by atoms with Gasteiger partial charge in [-0.3, -0.25) is 0 Å². The SMILES string of the molecule is N#Cc1c[nH]c2c(NSc3cnc(CF)s3)cccc12. The monoisotopic (exact) mass is 304 g/mol. The minimum absolute atomic E-state index is 0.471. The quantitative estimate of drug-likeness (QED) is 0.713. The molecule has 0 aliphatic heterocycles. The van der Waals surface area contributed by atoms with Crippen molar-refractivity contribution in [1.29, 1.82) is 5.26 Å². The second-order valence-corrected chi connectivity index (χ2v) is 6.17. The highest BCUT2D eigenvalue weighted by Gasteiger charge is 2.08. The lowest BCUT2D eigenvalue weighted by molar-refractivity contribution is 0.483. The minimum Gasteiger partial charge on any atom is -0.358 e. The molecule has 0 atom stereocenters. The Morgan fingerprint density at radius 1 is 1.50 bits per heavy atom.